The topological polar surface area (TPSA) is 70.2 Å². The average Bonchev–Trinajstić information content (AvgIpc) is 2.48. The number of rotatable bonds is 3. The first-order chi connectivity index (χ1) is 10.6. The fourth-order valence-corrected chi connectivity index (χ4v) is 3.43. The molecule has 3 atom stereocenters. The highest BCUT2D eigenvalue weighted by molar-refractivity contribution is 6.30. The van der Waals surface area contributed by atoms with Crippen molar-refractivity contribution in [2.45, 2.75) is 50.2 Å². The van der Waals surface area contributed by atoms with Gasteiger partial charge < -0.3 is 16.0 Å². The molecule has 3 rings (SSSR count). The average molecular weight is 322 g/mol. The predicted octanol–water partition coefficient (Wildman–Crippen LogP) is 2.07. The van der Waals surface area contributed by atoms with E-state index >= 15 is 0 Å². The first-order valence-electron chi connectivity index (χ1n) is 7.73. The van der Waals surface area contributed by atoms with E-state index in [9.17, 15) is 9.59 Å². The smallest absolute Gasteiger partial charge is 0.237 e. The van der Waals surface area contributed by atoms with Crippen LogP contribution in [0.4, 0.5) is 5.69 Å². The van der Waals surface area contributed by atoms with Gasteiger partial charge in [0.1, 0.15) is 0 Å². The fourth-order valence-electron chi connectivity index (χ4n) is 3.24. The minimum atomic E-state index is -0.460. The van der Waals surface area contributed by atoms with E-state index in [0.29, 0.717) is 10.7 Å². The van der Waals surface area contributed by atoms with Crippen molar-refractivity contribution >= 4 is 29.1 Å². The summed E-state index contributed by atoms with van der Waals surface area (Å²) in [5.74, 6) is -0.270. The molecule has 1 saturated carbocycles. The van der Waals surface area contributed by atoms with Gasteiger partial charge in [-0.05, 0) is 31.0 Å². The molecule has 6 heteroatoms. The van der Waals surface area contributed by atoms with Crippen LogP contribution in [-0.2, 0) is 9.59 Å². The molecule has 2 aliphatic rings. The molecule has 0 aromatic heterocycles. The lowest BCUT2D eigenvalue weighted by atomic mass is 9.87. The van der Waals surface area contributed by atoms with Crippen LogP contribution >= 0.6 is 11.6 Å². The highest BCUT2D eigenvalue weighted by Gasteiger charge is 2.36. The van der Waals surface area contributed by atoms with Crippen molar-refractivity contribution in [3.63, 3.8) is 0 Å². The number of carbonyl (C=O) groups excluding carboxylic acids is 2. The third kappa shape index (κ3) is 3.59. The van der Waals surface area contributed by atoms with Crippen LogP contribution < -0.4 is 16.0 Å². The van der Waals surface area contributed by atoms with Crippen LogP contribution in [0, 0.1) is 0 Å². The SMILES string of the molecule is O=C(C[C@@H]1N[C@@H]2CCCC[C@@H]2NC1=O)Nc1cccc(Cl)c1. The zero-order valence-corrected chi connectivity index (χ0v) is 13.0. The van der Waals surface area contributed by atoms with Crippen LogP contribution in [0.3, 0.4) is 0 Å². The summed E-state index contributed by atoms with van der Waals surface area (Å²) in [6.07, 6.45) is 4.53. The number of amides is 2. The van der Waals surface area contributed by atoms with Gasteiger partial charge in [0.2, 0.25) is 11.8 Å². The summed E-state index contributed by atoms with van der Waals surface area (Å²) in [6.45, 7) is 0. The summed E-state index contributed by atoms with van der Waals surface area (Å²) in [4.78, 5) is 24.2. The second kappa shape index (κ2) is 6.67. The third-order valence-electron chi connectivity index (χ3n) is 4.32. The molecule has 1 heterocycles. The number of piperazine rings is 1. The lowest BCUT2D eigenvalue weighted by Gasteiger charge is -2.40. The predicted molar refractivity (Wildman–Crippen MR) is 85.8 cm³/mol. The summed E-state index contributed by atoms with van der Waals surface area (Å²) in [7, 11) is 0. The standard InChI is InChI=1S/C16H20ClN3O2/c17-10-4-3-5-11(8-10)18-15(21)9-14-16(22)20-13-7-2-1-6-12(13)19-14/h3-5,8,12-14,19H,1-2,6-7,9H2,(H,18,21)(H,20,22)/t12-,13+,14+/m1/s1. The molecular weight excluding hydrogens is 302 g/mol. The Hall–Kier alpha value is -1.59. The van der Waals surface area contributed by atoms with Crippen LogP contribution in [0.2, 0.25) is 5.02 Å². The van der Waals surface area contributed by atoms with Crippen molar-refractivity contribution in [2.24, 2.45) is 0 Å². The molecule has 118 valence electrons. The molecule has 0 radical (unpaired) electrons. The number of nitrogens with one attached hydrogen (secondary N) is 3. The van der Waals surface area contributed by atoms with Crippen molar-refractivity contribution in [3.8, 4) is 0 Å². The number of halogens is 1. The molecule has 2 amide bonds. The zero-order valence-electron chi connectivity index (χ0n) is 12.3. The maximum Gasteiger partial charge on any atom is 0.237 e. The summed E-state index contributed by atoms with van der Waals surface area (Å²) >= 11 is 5.89. The number of fused-ring (bicyclic) bond motifs is 1. The molecule has 2 fully saturated rings. The van der Waals surface area contributed by atoms with Crippen molar-refractivity contribution in [1.29, 1.82) is 0 Å². The van der Waals surface area contributed by atoms with Crippen LogP contribution in [0.1, 0.15) is 32.1 Å². The molecule has 1 aromatic rings. The molecule has 22 heavy (non-hydrogen) atoms. The highest BCUT2D eigenvalue weighted by atomic mass is 35.5. The Kier molecular flexibility index (Phi) is 4.64. The molecule has 1 saturated heterocycles. The highest BCUT2D eigenvalue weighted by Crippen LogP contribution is 2.22. The summed E-state index contributed by atoms with van der Waals surface area (Å²) in [6, 6.07) is 7.02. The molecule has 1 aromatic carbocycles. The Morgan fingerprint density at radius 2 is 2.05 bits per heavy atom. The van der Waals surface area contributed by atoms with E-state index in [2.05, 4.69) is 16.0 Å². The summed E-state index contributed by atoms with van der Waals surface area (Å²) < 4.78 is 0. The Morgan fingerprint density at radius 1 is 1.27 bits per heavy atom. The minimum Gasteiger partial charge on any atom is -0.350 e. The Labute approximate surface area is 134 Å². The molecular formula is C16H20ClN3O2. The van der Waals surface area contributed by atoms with E-state index < -0.39 is 6.04 Å². The van der Waals surface area contributed by atoms with Gasteiger partial charge in [-0.15, -0.1) is 0 Å². The molecule has 0 unspecified atom stereocenters. The number of carbonyl (C=O) groups is 2. The van der Waals surface area contributed by atoms with Crippen LogP contribution in [0.25, 0.3) is 0 Å². The first-order valence-corrected chi connectivity index (χ1v) is 8.11. The van der Waals surface area contributed by atoms with Gasteiger partial charge in [0.25, 0.3) is 0 Å². The maximum atomic E-state index is 12.1. The quantitative estimate of drug-likeness (QED) is 0.798. The Bertz CT molecular complexity index is 578. The number of hydrogen-bond donors (Lipinski definition) is 3. The van der Waals surface area contributed by atoms with Crippen molar-refractivity contribution in [1.82, 2.24) is 10.6 Å². The summed E-state index contributed by atoms with van der Waals surface area (Å²) in [5.41, 5.74) is 0.643. The van der Waals surface area contributed by atoms with Gasteiger partial charge in [0.05, 0.1) is 12.5 Å². The normalized spacial score (nSPS) is 27.7. The largest absolute Gasteiger partial charge is 0.350 e. The van der Waals surface area contributed by atoms with Gasteiger partial charge in [-0.3, -0.25) is 9.59 Å². The monoisotopic (exact) mass is 321 g/mol. The van der Waals surface area contributed by atoms with Crippen molar-refractivity contribution in [2.75, 3.05) is 5.32 Å². The van der Waals surface area contributed by atoms with E-state index in [4.69, 9.17) is 11.6 Å². The second-order valence-electron chi connectivity index (χ2n) is 5.99. The minimum absolute atomic E-state index is 0.0793. The van der Waals surface area contributed by atoms with Crippen LogP contribution in [-0.4, -0.2) is 29.9 Å². The molecule has 0 bridgehead atoms. The maximum absolute atomic E-state index is 12.1. The van der Waals surface area contributed by atoms with Crippen LogP contribution in [0.15, 0.2) is 24.3 Å². The third-order valence-corrected chi connectivity index (χ3v) is 4.56. The van der Waals surface area contributed by atoms with Gasteiger partial charge in [-0.2, -0.15) is 0 Å². The van der Waals surface area contributed by atoms with Gasteiger partial charge in [-0.1, -0.05) is 30.5 Å². The van der Waals surface area contributed by atoms with E-state index in [1.165, 1.54) is 6.42 Å². The van der Waals surface area contributed by atoms with Crippen LogP contribution in [0.5, 0.6) is 0 Å². The number of hydrogen-bond acceptors (Lipinski definition) is 3. The van der Waals surface area contributed by atoms with Gasteiger partial charge in [0, 0.05) is 22.8 Å². The lowest BCUT2D eigenvalue weighted by Crippen LogP contribution is -2.65. The van der Waals surface area contributed by atoms with Gasteiger partial charge in [0.15, 0.2) is 0 Å². The van der Waals surface area contributed by atoms with Crippen molar-refractivity contribution in [3.05, 3.63) is 29.3 Å². The first kappa shape index (κ1) is 15.3. The zero-order chi connectivity index (χ0) is 15.5. The Morgan fingerprint density at radius 3 is 2.82 bits per heavy atom. The van der Waals surface area contributed by atoms with E-state index in [-0.39, 0.29) is 30.3 Å². The second-order valence-corrected chi connectivity index (χ2v) is 6.42. The number of benzene rings is 1. The van der Waals surface area contributed by atoms with Crippen molar-refractivity contribution < 1.29 is 9.59 Å². The summed E-state index contributed by atoms with van der Waals surface area (Å²) in [5, 5.41) is 9.72. The molecule has 1 aliphatic carbocycles. The molecule has 5 nitrogen and oxygen atoms in total. The lowest BCUT2D eigenvalue weighted by molar-refractivity contribution is -0.129. The Balaban J connectivity index is 1.57. The fraction of sp³-hybridized carbons (Fsp3) is 0.500. The van der Waals surface area contributed by atoms with E-state index in [1.807, 2.05) is 0 Å². The molecule has 1 aliphatic heterocycles. The molecule has 0 spiro atoms. The van der Waals surface area contributed by atoms with E-state index in [0.717, 1.165) is 19.3 Å². The van der Waals surface area contributed by atoms with Gasteiger partial charge in [-0.25, -0.2) is 0 Å². The van der Waals surface area contributed by atoms with Gasteiger partial charge >= 0.3 is 0 Å². The van der Waals surface area contributed by atoms with E-state index in [1.54, 1.807) is 24.3 Å². The molecule has 3 N–H and O–H groups in total. The number of anilines is 1.